The molecule has 1 aromatic carbocycles. The summed E-state index contributed by atoms with van der Waals surface area (Å²) in [7, 11) is -1.62. The van der Waals surface area contributed by atoms with E-state index in [1.54, 1.807) is 11.9 Å². The molecule has 1 fully saturated rings. The van der Waals surface area contributed by atoms with Crippen molar-refractivity contribution in [3.8, 4) is 0 Å². The first-order valence-electron chi connectivity index (χ1n) is 8.09. The number of fused-ring (bicyclic) bond motifs is 1. The minimum Gasteiger partial charge on any atom is -0.451 e. The third-order valence-electron chi connectivity index (χ3n) is 4.88. The van der Waals surface area contributed by atoms with Crippen LogP contribution < -0.4 is 0 Å². The molecule has 0 unspecified atom stereocenters. The van der Waals surface area contributed by atoms with Gasteiger partial charge < -0.3 is 9.32 Å². The minimum absolute atomic E-state index is 0.0632. The summed E-state index contributed by atoms with van der Waals surface area (Å²) in [4.78, 5) is 14.6. The van der Waals surface area contributed by atoms with Crippen molar-refractivity contribution in [3.05, 3.63) is 34.0 Å². The molecule has 0 saturated carbocycles. The van der Waals surface area contributed by atoms with E-state index in [4.69, 9.17) is 4.42 Å². The first-order chi connectivity index (χ1) is 11.7. The summed E-state index contributed by atoms with van der Waals surface area (Å²) in [6, 6.07) is 5.60. The van der Waals surface area contributed by atoms with Gasteiger partial charge in [-0.1, -0.05) is 15.9 Å². The molecule has 0 N–H and O–H groups in total. The summed E-state index contributed by atoms with van der Waals surface area (Å²) in [6.07, 6.45) is 2.46. The van der Waals surface area contributed by atoms with Crippen LogP contribution >= 0.6 is 15.9 Å². The molecular formula is C17H21BrN2O4S. The maximum Gasteiger partial charge on any atom is 0.289 e. The summed E-state index contributed by atoms with van der Waals surface area (Å²) in [5, 5.41) is 0.921. The third kappa shape index (κ3) is 3.61. The Morgan fingerprint density at radius 1 is 1.32 bits per heavy atom. The van der Waals surface area contributed by atoms with Crippen molar-refractivity contribution in [2.24, 2.45) is 0 Å². The van der Waals surface area contributed by atoms with E-state index in [-0.39, 0.29) is 11.9 Å². The Hall–Kier alpha value is -1.38. The van der Waals surface area contributed by atoms with Gasteiger partial charge in [0.05, 0.1) is 6.26 Å². The fourth-order valence-electron chi connectivity index (χ4n) is 3.24. The molecule has 0 radical (unpaired) electrons. The Bertz CT molecular complexity index is 914. The van der Waals surface area contributed by atoms with Gasteiger partial charge in [0.2, 0.25) is 10.0 Å². The molecule has 1 aromatic heterocycles. The first-order valence-corrected chi connectivity index (χ1v) is 10.7. The number of benzene rings is 1. The van der Waals surface area contributed by atoms with Gasteiger partial charge >= 0.3 is 0 Å². The molecule has 25 heavy (non-hydrogen) atoms. The van der Waals surface area contributed by atoms with E-state index in [0.29, 0.717) is 37.3 Å². The monoisotopic (exact) mass is 428 g/mol. The number of rotatable bonds is 3. The highest BCUT2D eigenvalue weighted by molar-refractivity contribution is 9.10. The van der Waals surface area contributed by atoms with Crippen molar-refractivity contribution in [1.29, 1.82) is 0 Å². The van der Waals surface area contributed by atoms with Gasteiger partial charge in [-0.2, -0.15) is 0 Å². The van der Waals surface area contributed by atoms with Crippen molar-refractivity contribution in [2.75, 3.05) is 26.4 Å². The van der Waals surface area contributed by atoms with E-state index in [1.807, 2.05) is 25.1 Å². The molecule has 0 spiro atoms. The van der Waals surface area contributed by atoms with Crippen LogP contribution in [-0.2, 0) is 10.0 Å². The number of hydrogen-bond acceptors (Lipinski definition) is 4. The zero-order valence-corrected chi connectivity index (χ0v) is 16.9. The predicted molar refractivity (Wildman–Crippen MR) is 100 cm³/mol. The number of furan rings is 1. The lowest BCUT2D eigenvalue weighted by molar-refractivity contribution is 0.0656. The molecule has 1 aliphatic heterocycles. The van der Waals surface area contributed by atoms with E-state index in [9.17, 15) is 13.2 Å². The van der Waals surface area contributed by atoms with Crippen molar-refractivity contribution in [2.45, 2.75) is 25.8 Å². The van der Waals surface area contributed by atoms with Crippen LogP contribution in [0, 0.1) is 6.92 Å². The van der Waals surface area contributed by atoms with Gasteiger partial charge in [-0.25, -0.2) is 12.7 Å². The minimum atomic E-state index is -3.21. The maximum absolute atomic E-state index is 12.8. The van der Waals surface area contributed by atoms with Gasteiger partial charge in [0.25, 0.3) is 5.91 Å². The average molecular weight is 429 g/mol. The molecule has 1 amide bonds. The number of halogens is 1. The van der Waals surface area contributed by atoms with Crippen LogP contribution in [0.15, 0.2) is 27.1 Å². The van der Waals surface area contributed by atoms with Crippen LogP contribution in [-0.4, -0.2) is 56.0 Å². The first kappa shape index (κ1) is 18.4. The molecule has 0 aliphatic carbocycles. The Balaban J connectivity index is 1.76. The smallest absolute Gasteiger partial charge is 0.289 e. The van der Waals surface area contributed by atoms with E-state index < -0.39 is 10.0 Å². The van der Waals surface area contributed by atoms with Crippen LogP contribution in [0.2, 0.25) is 0 Å². The van der Waals surface area contributed by atoms with Gasteiger partial charge in [0.1, 0.15) is 5.58 Å². The number of aryl methyl sites for hydroxylation is 1. The van der Waals surface area contributed by atoms with Gasteiger partial charge in [0.15, 0.2) is 5.76 Å². The normalized spacial score (nSPS) is 16.8. The van der Waals surface area contributed by atoms with E-state index in [1.165, 1.54) is 10.6 Å². The second-order valence-electron chi connectivity index (χ2n) is 6.50. The highest BCUT2D eigenvalue weighted by Crippen LogP contribution is 2.29. The van der Waals surface area contributed by atoms with Crippen LogP contribution in [0.25, 0.3) is 11.0 Å². The summed E-state index contributed by atoms with van der Waals surface area (Å²) in [5.74, 6) is 0.230. The molecule has 8 heteroatoms. The van der Waals surface area contributed by atoms with Crippen molar-refractivity contribution in [3.63, 3.8) is 0 Å². The van der Waals surface area contributed by atoms with Crippen molar-refractivity contribution >= 4 is 42.8 Å². The number of likely N-dealkylation sites (tertiary alicyclic amines) is 1. The molecule has 136 valence electrons. The van der Waals surface area contributed by atoms with Gasteiger partial charge in [0, 0.05) is 41.6 Å². The molecule has 6 nitrogen and oxygen atoms in total. The maximum atomic E-state index is 12.8. The van der Waals surface area contributed by atoms with E-state index in [0.717, 1.165) is 15.4 Å². The number of carbonyl (C=O) groups excluding carboxylic acids is 1. The fourth-order valence-corrected chi connectivity index (χ4v) is 4.36. The Kier molecular flexibility index (Phi) is 4.96. The number of sulfonamides is 1. The lowest BCUT2D eigenvalue weighted by atomic mass is 10.0. The van der Waals surface area contributed by atoms with Gasteiger partial charge in [-0.3, -0.25) is 4.79 Å². The third-order valence-corrected chi connectivity index (χ3v) is 6.72. The Morgan fingerprint density at radius 3 is 2.56 bits per heavy atom. The lowest BCUT2D eigenvalue weighted by Gasteiger charge is -2.35. The SMILES string of the molecule is Cc1c(C(=O)N2CCC(N(C)S(C)(=O)=O)CC2)oc2ccc(Br)cc12. The average Bonchev–Trinajstić information content (AvgIpc) is 2.89. The highest BCUT2D eigenvalue weighted by Gasteiger charge is 2.31. The standard InChI is InChI=1S/C17H21BrN2O4S/c1-11-14-10-12(18)4-5-15(14)24-16(11)17(21)20-8-6-13(7-9-20)19(2)25(3,22)23/h4-5,10,13H,6-9H2,1-3H3. The summed E-state index contributed by atoms with van der Waals surface area (Å²) in [5.41, 5.74) is 1.52. The Labute approximate surface area is 155 Å². The second-order valence-corrected chi connectivity index (χ2v) is 9.46. The number of carbonyl (C=O) groups is 1. The lowest BCUT2D eigenvalue weighted by Crippen LogP contribution is -2.47. The van der Waals surface area contributed by atoms with Crippen molar-refractivity contribution in [1.82, 2.24) is 9.21 Å². The largest absolute Gasteiger partial charge is 0.451 e. The molecule has 1 aliphatic rings. The Morgan fingerprint density at radius 2 is 1.96 bits per heavy atom. The number of amides is 1. The molecule has 0 atom stereocenters. The zero-order valence-electron chi connectivity index (χ0n) is 14.5. The molecule has 2 heterocycles. The number of nitrogens with zero attached hydrogens (tertiary/aromatic N) is 2. The summed E-state index contributed by atoms with van der Waals surface area (Å²) < 4.78 is 31.4. The molecule has 2 aromatic rings. The van der Waals surface area contributed by atoms with Gasteiger partial charge in [-0.15, -0.1) is 0 Å². The quantitative estimate of drug-likeness (QED) is 0.752. The van der Waals surface area contributed by atoms with Gasteiger partial charge in [-0.05, 0) is 38.0 Å². The molecular weight excluding hydrogens is 408 g/mol. The summed E-state index contributed by atoms with van der Waals surface area (Å²) in [6.45, 7) is 2.92. The van der Waals surface area contributed by atoms with E-state index >= 15 is 0 Å². The second kappa shape index (κ2) is 6.74. The van der Waals surface area contributed by atoms with Crippen LogP contribution in [0.1, 0.15) is 29.0 Å². The predicted octanol–water partition coefficient (Wildman–Crippen LogP) is 3.00. The number of piperidine rings is 1. The van der Waals surface area contributed by atoms with Crippen LogP contribution in [0.5, 0.6) is 0 Å². The zero-order chi connectivity index (χ0) is 18.4. The molecule has 1 saturated heterocycles. The highest BCUT2D eigenvalue weighted by atomic mass is 79.9. The van der Waals surface area contributed by atoms with E-state index in [2.05, 4.69) is 15.9 Å². The topological polar surface area (TPSA) is 70.8 Å². The fraction of sp³-hybridized carbons (Fsp3) is 0.471. The summed E-state index contributed by atoms with van der Waals surface area (Å²) >= 11 is 3.43. The molecule has 0 bridgehead atoms. The number of hydrogen-bond donors (Lipinski definition) is 0. The van der Waals surface area contributed by atoms with Crippen LogP contribution in [0.3, 0.4) is 0 Å². The molecule has 3 rings (SSSR count). The van der Waals surface area contributed by atoms with Crippen molar-refractivity contribution < 1.29 is 17.6 Å². The van der Waals surface area contributed by atoms with Crippen LogP contribution in [0.4, 0.5) is 0 Å².